The second-order valence-corrected chi connectivity index (χ2v) is 5.83. The third-order valence-electron chi connectivity index (χ3n) is 2.40. The summed E-state index contributed by atoms with van der Waals surface area (Å²) in [6.45, 7) is 0. The summed E-state index contributed by atoms with van der Waals surface area (Å²) in [6.07, 6.45) is 2.47. The first-order valence-corrected chi connectivity index (χ1v) is 7.18. The zero-order valence-electron chi connectivity index (χ0n) is 9.97. The molecular formula is C11H10ClFN4O2S. The van der Waals surface area contributed by atoms with Crippen LogP contribution >= 0.6 is 11.6 Å². The zero-order valence-corrected chi connectivity index (χ0v) is 11.5. The van der Waals surface area contributed by atoms with Gasteiger partial charge in [-0.3, -0.25) is 15.5 Å². The molecule has 0 aliphatic carbocycles. The van der Waals surface area contributed by atoms with E-state index in [-0.39, 0.29) is 21.3 Å². The van der Waals surface area contributed by atoms with Crippen LogP contribution in [0, 0.1) is 5.82 Å². The Morgan fingerprint density at radius 2 is 2.00 bits per heavy atom. The van der Waals surface area contributed by atoms with Gasteiger partial charge in [-0.1, -0.05) is 11.6 Å². The van der Waals surface area contributed by atoms with Gasteiger partial charge in [0.2, 0.25) is 0 Å². The van der Waals surface area contributed by atoms with Crippen LogP contribution in [0.5, 0.6) is 0 Å². The Balaban J connectivity index is 2.41. The topological polar surface area (TPSA) is 97.1 Å². The summed E-state index contributed by atoms with van der Waals surface area (Å²) < 4.78 is 40.1. The van der Waals surface area contributed by atoms with Crippen LogP contribution in [0.25, 0.3) is 0 Å². The van der Waals surface area contributed by atoms with Crippen molar-refractivity contribution in [3.8, 4) is 0 Å². The molecule has 4 N–H and O–H groups in total. The van der Waals surface area contributed by atoms with Gasteiger partial charge in [0, 0.05) is 17.4 Å². The monoisotopic (exact) mass is 316 g/mol. The zero-order chi connectivity index (χ0) is 14.8. The summed E-state index contributed by atoms with van der Waals surface area (Å²) in [7, 11) is -4.03. The van der Waals surface area contributed by atoms with E-state index in [1.807, 2.05) is 0 Å². The van der Waals surface area contributed by atoms with Crippen molar-refractivity contribution in [3.63, 3.8) is 0 Å². The Morgan fingerprint density at radius 3 is 2.65 bits per heavy atom. The number of halogens is 2. The smallest absolute Gasteiger partial charge is 0.265 e. The van der Waals surface area contributed by atoms with Gasteiger partial charge in [-0.15, -0.1) is 0 Å². The van der Waals surface area contributed by atoms with Crippen molar-refractivity contribution in [2.75, 3.05) is 10.1 Å². The third-order valence-corrected chi connectivity index (χ3v) is 4.03. The fraction of sp³-hybridized carbons (Fsp3) is 0. The lowest BCUT2D eigenvalue weighted by molar-refractivity contribution is 0.598. The van der Waals surface area contributed by atoms with Crippen molar-refractivity contribution in [1.82, 2.24) is 4.98 Å². The largest absolute Gasteiger partial charge is 0.323 e. The maximum atomic E-state index is 13.6. The highest BCUT2D eigenvalue weighted by molar-refractivity contribution is 7.92. The molecule has 0 atom stereocenters. The third kappa shape index (κ3) is 2.98. The van der Waals surface area contributed by atoms with Crippen LogP contribution in [0.4, 0.5) is 15.8 Å². The Morgan fingerprint density at radius 1 is 1.25 bits per heavy atom. The second kappa shape index (κ2) is 5.61. The molecule has 6 nitrogen and oxygen atoms in total. The SMILES string of the molecule is NNc1ccncc1S(=O)(=O)Nc1ccc(Cl)cc1F. The summed E-state index contributed by atoms with van der Waals surface area (Å²) in [5.41, 5.74) is 2.16. The van der Waals surface area contributed by atoms with Crippen molar-refractivity contribution >= 4 is 33.0 Å². The molecule has 0 saturated carbocycles. The molecule has 0 aliphatic heterocycles. The van der Waals surface area contributed by atoms with Crippen molar-refractivity contribution in [1.29, 1.82) is 0 Å². The average Bonchev–Trinajstić information content (AvgIpc) is 2.42. The molecule has 2 aromatic rings. The lowest BCUT2D eigenvalue weighted by Crippen LogP contribution is -2.18. The molecule has 9 heteroatoms. The number of hydrogen-bond donors (Lipinski definition) is 3. The minimum Gasteiger partial charge on any atom is -0.323 e. The molecule has 1 aromatic heterocycles. The fourth-order valence-corrected chi connectivity index (χ4v) is 2.83. The number of pyridine rings is 1. The Kier molecular flexibility index (Phi) is 4.07. The van der Waals surface area contributed by atoms with Crippen LogP contribution in [0.15, 0.2) is 41.6 Å². The number of anilines is 2. The Bertz CT molecular complexity index is 739. The molecule has 0 fully saturated rings. The van der Waals surface area contributed by atoms with E-state index in [1.165, 1.54) is 24.4 Å². The maximum Gasteiger partial charge on any atom is 0.265 e. The molecule has 0 saturated heterocycles. The first-order chi connectivity index (χ1) is 9.44. The van der Waals surface area contributed by atoms with Gasteiger partial charge in [-0.2, -0.15) is 0 Å². The summed E-state index contributed by atoms with van der Waals surface area (Å²) in [5, 5.41) is 0.163. The number of nitrogens with one attached hydrogen (secondary N) is 2. The van der Waals surface area contributed by atoms with Crippen molar-refractivity contribution in [3.05, 3.63) is 47.5 Å². The number of nitrogen functional groups attached to an aromatic ring is 1. The van der Waals surface area contributed by atoms with Gasteiger partial charge in [0.15, 0.2) is 0 Å². The van der Waals surface area contributed by atoms with Crippen molar-refractivity contribution < 1.29 is 12.8 Å². The van der Waals surface area contributed by atoms with Crippen LogP contribution in [-0.2, 0) is 10.0 Å². The molecule has 0 spiro atoms. The van der Waals surface area contributed by atoms with Crippen LogP contribution in [0.1, 0.15) is 0 Å². The summed E-state index contributed by atoms with van der Waals surface area (Å²) in [5.74, 6) is 4.44. The lowest BCUT2D eigenvalue weighted by Gasteiger charge is -2.11. The predicted molar refractivity (Wildman–Crippen MR) is 74.3 cm³/mol. The van der Waals surface area contributed by atoms with Gasteiger partial charge >= 0.3 is 0 Å². The quantitative estimate of drug-likeness (QED) is 0.592. The fourth-order valence-electron chi connectivity index (χ4n) is 1.49. The van der Waals surface area contributed by atoms with E-state index in [1.54, 1.807) is 0 Å². The highest BCUT2D eigenvalue weighted by Gasteiger charge is 2.20. The van der Waals surface area contributed by atoms with E-state index in [4.69, 9.17) is 17.4 Å². The Hall–Kier alpha value is -1.90. The summed E-state index contributed by atoms with van der Waals surface area (Å²) in [6, 6.07) is 4.98. The Labute approximate surface area is 119 Å². The number of hydrazine groups is 1. The van der Waals surface area contributed by atoms with E-state index in [2.05, 4.69) is 15.1 Å². The lowest BCUT2D eigenvalue weighted by atomic mass is 10.3. The molecular weight excluding hydrogens is 307 g/mol. The highest BCUT2D eigenvalue weighted by atomic mass is 35.5. The summed E-state index contributed by atoms with van der Waals surface area (Å²) >= 11 is 5.60. The molecule has 0 bridgehead atoms. The highest BCUT2D eigenvalue weighted by Crippen LogP contribution is 2.24. The van der Waals surface area contributed by atoms with Crippen molar-refractivity contribution in [2.45, 2.75) is 4.90 Å². The number of nitrogens with two attached hydrogens (primary N) is 1. The first kappa shape index (κ1) is 14.5. The van der Waals surface area contributed by atoms with Gasteiger partial charge in [-0.25, -0.2) is 12.8 Å². The van der Waals surface area contributed by atoms with Gasteiger partial charge in [0.25, 0.3) is 10.0 Å². The van der Waals surface area contributed by atoms with E-state index in [0.717, 1.165) is 12.3 Å². The van der Waals surface area contributed by atoms with Gasteiger partial charge in [0.1, 0.15) is 10.7 Å². The average molecular weight is 317 g/mol. The standard InChI is InChI=1S/C11H10ClFN4O2S/c12-7-1-2-9(8(13)5-7)17-20(18,19)11-6-15-4-3-10(11)16-14/h1-6,17H,14H2,(H,15,16). The van der Waals surface area contributed by atoms with Crippen LogP contribution in [-0.4, -0.2) is 13.4 Å². The molecule has 2 rings (SSSR count). The van der Waals surface area contributed by atoms with E-state index < -0.39 is 15.8 Å². The van der Waals surface area contributed by atoms with Crippen LogP contribution in [0.3, 0.4) is 0 Å². The number of nitrogens with zero attached hydrogens (tertiary/aromatic N) is 1. The molecule has 106 valence electrons. The minimum absolute atomic E-state index is 0.141. The molecule has 0 unspecified atom stereocenters. The van der Waals surface area contributed by atoms with E-state index in [9.17, 15) is 12.8 Å². The van der Waals surface area contributed by atoms with Crippen LogP contribution < -0.4 is 16.0 Å². The van der Waals surface area contributed by atoms with Crippen molar-refractivity contribution in [2.24, 2.45) is 5.84 Å². The maximum absolute atomic E-state index is 13.6. The van der Waals surface area contributed by atoms with Gasteiger partial charge in [0.05, 0.1) is 11.4 Å². The molecule has 0 aliphatic rings. The minimum atomic E-state index is -4.03. The molecule has 20 heavy (non-hydrogen) atoms. The van der Waals surface area contributed by atoms with Crippen LogP contribution in [0.2, 0.25) is 5.02 Å². The van der Waals surface area contributed by atoms with E-state index >= 15 is 0 Å². The van der Waals surface area contributed by atoms with E-state index in [0.29, 0.717) is 0 Å². The number of aromatic nitrogens is 1. The molecule has 0 radical (unpaired) electrons. The molecule has 1 heterocycles. The first-order valence-electron chi connectivity index (χ1n) is 5.32. The number of benzene rings is 1. The number of sulfonamides is 1. The predicted octanol–water partition coefficient (Wildman–Crippen LogP) is 1.96. The number of rotatable bonds is 4. The normalized spacial score (nSPS) is 11.2. The number of hydrogen-bond acceptors (Lipinski definition) is 5. The summed E-state index contributed by atoms with van der Waals surface area (Å²) in [4.78, 5) is 3.51. The molecule has 1 aromatic carbocycles. The van der Waals surface area contributed by atoms with Gasteiger partial charge < -0.3 is 5.43 Å². The second-order valence-electron chi connectivity index (χ2n) is 3.75. The molecule has 0 amide bonds. The van der Waals surface area contributed by atoms with Gasteiger partial charge in [-0.05, 0) is 24.3 Å².